The molecular formula is C25H30O6. The normalized spacial score (nSPS) is 38.3. The predicted octanol–water partition coefficient (Wildman–Crippen LogP) is 3.65. The lowest BCUT2D eigenvalue weighted by atomic mass is 9.51. The fourth-order valence-corrected chi connectivity index (χ4v) is 6.73. The molecule has 5 atom stereocenters. The highest BCUT2D eigenvalue weighted by atomic mass is 16.6. The van der Waals surface area contributed by atoms with E-state index < -0.39 is 23.0 Å². The average Bonchev–Trinajstić information content (AvgIpc) is 2.99. The molecule has 0 unspecified atom stereocenters. The van der Waals surface area contributed by atoms with Gasteiger partial charge in [-0.25, -0.2) is 0 Å². The maximum absolute atomic E-state index is 13.3. The van der Waals surface area contributed by atoms with E-state index in [0.717, 1.165) is 24.8 Å². The first-order valence-corrected chi connectivity index (χ1v) is 11.0. The maximum Gasteiger partial charge on any atom is 0.303 e. The molecule has 0 amide bonds. The highest BCUT2D eigenvalue weighted by Crippen LogP contribution is 2.66. The number of hydrogen-bond donors (Lipinski definition) is 0. The summed E-state index contributed by atoms with van der Waals surface area (Å²) in [4.78, 5) is 48.6. The van der Waals surface area contributed by atoms with E-state index in [9.17, 15) is 19.2 Å². The number of ether oxygens (including phenoxy) is 2. The van der Waals surface area contributed by atoms with E-state index in [0.29, 0.717) is 12.8 Å². The number of allylic oxidation sites excluding steroid dienone is 6. The van der Waals surface area contributed by atoms with Crippen LogP contribution < -0.4 is 0 Å². The molecule has 4 rings (SSSR count). The first-order valence-electron chi connectivity index (χ1n) is 11.0. The number of ketones is 2. The summed E-state index contributed by atoms with van der Waals surface area (Å²) in [6.07, 6.45) is 11.2. The van der Waals surface area contributed by atoms with Crippen LogP contribution in [0.3, 0.4) is 0 Å². The summed E-state index contributed by atoms with van der Waals surface area (Å²) in [7, 11) is 0. The van der Waals surface area contributed by atoms with Crippen molar-refractivity contribution in [3.8, 4) is 0 Å². The van der Waals surface area contributed by atoms with Gasteiger partial charge in [-0.2, -0.15) is 0 Å². The smallest absolute Gasteiger partial charge is 0.303 e. The van der Waals surface area contributed by atoms with E-state index >= 15 is 0 Å². The Bertz CT molecular complexity index is 955. The van der Waals surface area contributed by atoms with Gasteiger partial charge < -0.3 is 9.47 Å². The molecule has 4 aliphatic carbocycles. The van der Waals surface area contributed by atoms with Crippen LogP contribution in [0, 0.1) is 22.7 Å². The number of hydrogen-bond acceptors (Lipinski definition) is 6. The Labute approximate surface area is 182 Å². The molecule has 0 aliphatic heterocycles. The summed E-state index contributed by atoms with van der Waals surface area (Å²) in [5.74, 6) is -0.920. The number of Topliss-reactive ketones (excluding diaryl/α,β-unsaturated/α-hetero) is 1. The highest BCUT2D eigenvalue weighted by Gasteiger charge is 2.67. The number of rotatable bonds is 4. The van der Waals surface area contributed by atoms with Crippen molar-refractivity contribution in [1.29, 1.82) is 0 Å². The highest BCUT2D eigenvalue weighted by molar-refractivity contribution is 6.01. The molecule has 2 saturated carbocycles. The fourth-order valence-electron chi connectivity index (χ4n) is 6.73. The monoisotopic (exact) mass is 426 g/mol. The first-order chi connectivity index (χ1) is 14.5. The average molecular weight is 427 g/mol. The van der Waals surface area contributed by atoms with Gasteiger partial charge in [0, 0.05) is 24.7 Å². The van der Waals surface area contributed by atoms with Crippen LogP contribution in [0.15, 0.2) is 35.5 Å². The second-order valence-electron chi connectivity index (χ2n) is 9.80. The molecule has 0 N–H and O–H groups in total. The van der Waals surface area contributed by atoms with Crippen molar-refractivity contribution in [2.24, 2.45) is 22.7 Å². The van der Waals surface area contributed by atoms with Crippen molar-refractivity contribution in [1.82, 2.24) is 0 Å². The molecule has 4 aliphatic rings. The molecule has 2 fully saturated rings. The molecule has 166 valence electrons. The zero-order valence-corrected chi connectivity index (χ0v) is 18.7. The maximum atomic E-state index is 13.3. The predicted molar refractivity (Wildman–Crippen MR) is 113 cm³/mol. The molecule has 0 aromatic heterocycles. The van der Waals surface area contributed by atoms with Crippen LogP contribution in [0.5, 0.6) is 0 Å². The zero-order chi connectivity index (χ0) is 22.6. The lowest BCUT2D eigenvalue weighted by molar-refractivity contribution is -0.184. The first kappa shape index (κ1) is 21.7. The van der Waals surface area contributed by atoms with Gasteiger partial charge in [0.05, 0.1) is 0 Å². The summed E-state index contributed by atoms with van der Waals surface area (Å²) in [5.41, 5.74) is 0.322. The minimum Gasteiger partial charge on any atom is -0.458 e. The fraction of sp³-hybridized carbons (Fsp3) is 0.600. The standard InChI is InChI=1S/C25H30O6/c1-15(26)30-14-22(29)25(31-16(2)27)12-9-21-19-6-5-17-13-18(28)7-10-23(17,3)20(19)8-11-24(21,25)4/h7-8,10,13,19,21H,5-6,9,11-12,14H2,1-4H3/t19-,21-,23-,24+,25-/m1/s1. The van der Waals surface area contributed by atoms with Crippen LogP contribution >= 0.6 is 0 Å². The van der Waals surface area contributed by atoms with E-state index in [1.807, 2.05) is 13.0 Å². The van der Waals surface area contributed by atoms with Crippen molar-refractivity contribution in [2.45, 2.75) is 65.4 Å². The second-order valence-corrected chi connectivity index (χ2v) is 9.80. The van der Waals surface area contributed by atoms with Crippen molar-refractivity contribution < 1.29 is 28.7 Å². The van der Waals surface area contributed by atoms with Gasteiger partial charge in [0.1, 0.15) is 0 Å². The molecule has 31 heavy (non-hydrogen) atoms. The van der Waals surface area contributed by atoms with E-state index in [-0.39, 0.29) is 35.4 Å². The molecule has 0 aromatic carbocycles. The Morgan fingerprint density at radius 2 is 1.87 bits per heavy atom. The molecule has 6 heteroatoms. The molecule has 0 bridgehead atoms. The largest absolute Gasteiger partial charge is 0.458 e. The van der Waals surface area contributed by atoms with Gasteiger partial charge in [-0.1, -0.05) is 30.2 Å². The summed E-state index contributed by atoms with van der Waals surface area (Å²) < 4.78 is 10.8. The third kappa shape index (κ3) is 3.14. The van der Waals surface area contributed by atoms with Gasteiger partial charge in [-0.15, -0.1) is 0 Å². The SMILES string of the molecule is CC(=O)OCC(=O)[C@]1(OC(C)=O)CC[C@@H]2[C@@H]3CCC4=CC(=O)C=C[C@@]4(C)C3=CC[C@@]21C. The molecule has 0 radical (unpaired) electrons. The Balaban J connectivity index is 1.74. The summed E-state index contributed by atoms with van der Waals surface area (Å²) in [6.45, 7) is 6.41. The van der Waals surface area contributed by atoms with Crippen molar-refractivity contribution in [3.63, 3.8) is 0 Å². The van der Waals surface area contributed by atoms with Gasteiger partial charge >= 0.3 is 11.9 Å². The van der Waals surface area contributed by atoms with Crippen LogP contribution in [0.25, 0.3) is 0 Å². The minimum absolute atomic E-state index is 0.0398. The van der Waals surface area contributed by atoms with Gasteiger partial charge in [0.15, 0.2) is 18.0 Å². The van der Waals surface area contributed by atoms with Crippen LogP contribution in [0.1, 0.15) is 59.8 Å². The summed E-state index contributed by atoms with van der Waals surface area (Å²) in [6, 6.07) is 0. The molecule has 0 heterocycles. The number of esters is 2. The molecule has 0 saturated heterocycles. The lowest BCUT2D eigenvalue weighted by Crippen LogP contribution is -2.57. The Morgan fingerprint density at radius 1 is 1.13 bits per heavy atom. The van der Waals surface area contributed by atoms with Crippen molar-refractivity contribution in [2.75, 3.05) is 6.61 Å². The Hall–Kier alpha value is -2.50. The third-order valence-corrected chi connectivity index (χ3v) is 8.24. The van der Waals surface area contributed by atoms with Gasteiger partial charge in [0.25, 0.3) is 0 Å². The Morgan fingerprint density at radius 3 is 2.55 bits per heavy atom. The molecule has 0 aromatic rings. The van der Waals surface area contributed by atoms with Crippen molar-refractivity contribution >= 4 is 23.5 Å². The van der Waals surface area contributed by atoms with Crippen LogP contribution in [-0.4, -0.2) is 35.7 Å². The van der Waals surface area contributed by atoms with Crippen LogP contribution in [0.2, 0.25) is 0 Å². The van der Waals surface area contributed by atoms with E-state index in [1.165, 1.54) is 19.4 Å². The van der Waals surface area contributed by atoms with E-state index in [2.05, 4.69) is 13.0 Å². The third-order valence-electron chi connectivity index (χ3n) is 8.24. The van der Waals surface area contributed by atoms with Crippen LogP contribution in [0.4, 0.5) is 0 Å². The quantitative estimate of drug-likeness (QED) is 0.504. The van der Waals surface area contributed by atoms with E-state index in [4.69, 9.17) is 9.47 Å². The number of carbonyl (C=O) groups excluding carboxylic acids is 4. The molecule has 6 nitrogen and oxygen atoms in total. The number of fused-ring (bicyclic) bond motifs is 5. The van der Waals surface area contributed by atoms with Crippen molar-refractivity contribution in [3.05, 3.63) is 35.5 Å². The molecule has 0 spiro atoms. The summed E-state index contributed by atoms with van der Waals surface area (Å²) >= 11 is 0. The van der Waals surface area contributed by atoms with Gasteiger partial charge in [-0.05, 0) is 63.0 Å². The zero-order valence-electron chi connectivity index (χ0n) is 18.7. The van der Waals surface area contributed by atoms with Gasteiger partial charge in [-0.3, -0.25) is 19.2 Å². The second kappa shape index (κ2) is 7.28. The van der Waals surface area contributed by atoms with E-state index in [1.54, 1.807) is 12.2 Å². The Kier molecular flexibility index (Phi) is 5.10. The number of carbonyl (C=O) groups is 4. The van der Waals surface area contributed by atoms with Gasteiger partial charge in [0.2, 0.25) is 5.78 Å². The summed E-state index contributed by atoms with van der Waals surface area (Å²) in [5, 5.41) is 0. The van der Waals surface area contributed by atoms with Crippen LogP contribution in [-0.2, 0) is 28.7 Å². The lowest BCUT2D eigenvalue weighted by Gasteiger charge is -2.54. The molecular weight excluding hydrogens is 396 g/mol. The minimum atomic E-state index is -1.30. The topological polar surface area (TPSA) is 86.7 Å².